The van der Waals surface area contributed by atoms with Gasteiger partial charge in [0.15, 0.2) is 5.65 Å². The summed E-state index contributed by atoms with van der Waals surface area (Å²) in [6, 6.07) is 17.8. The number of rotatable bonds is 5. The van der Waals surface area contributed by atoms with Crippen molar-refractivity contribution in [1.82, 2.24) is 25.1 Å². The third kappa shape index (κ3) is 3.91. The number of hydrogen-bond donors (Lipinski definition) is 1. The van der Waals surface area contributed by atoms with Crippen molar-refractivity contribution in [3.63, 3.8) is 0 Å². The van der Waals surface area contributed by atoms with E-state index in [1.165, 1.54) is 6.33 Å². The maximum Gasteiger partial charge on any atom is 0.296 e. The van der Waals surface area contributed by atoms with Crippen molar-refractivity contribution in [2.24, 2.45) is 0 Å². The minimum Gasteiger partial charge on any atom is -0.457 e. The van der Waals surface area contributed by atoms with Gasteiger partial charge in [0.2, 0.25) is 0 Å². The van der Waals surface area contributed by atoms with E-state index in [4.69, 9.17) is 9.84 Å². The van der Waals surface area contributed by atoms with E-state index in [-0.39, 0.29) is 18.0 Å². The molecule has 1 amide bonds. The van der Waals surface area contributed by atoms with Crippen LogP contribution in [0.5, 0.6) is 11.5 Å². The average molecular weight is 423 g/mol. The third-order valence-electron chi connectivity index (χ3n) is 5.51. The number of benzene rings is 2. The summed E-state index contributed by atoms with van der Waals surface area (Å²) in [5, 5.41) is 8.70. The van der Waals surface area contributed by atoms with E-state index in [1.54, 1.807) is 13.1 Å². The fourth-order valence-electron chi connectivity index (χ4n) is 3.90. The van der Waals surface area contributed by atoms with Gasteiger partial charge in [-0.15, -0.1) is 0 Å². The molecule has 0 saturated heterocycles. The zero-order valence-corrected chi connectivity index (χ0v) is 17.5. The van der Waals surface area contributed by atoms with Crippen LogP contribution in [0, 0.1) is 11.8 Å². The molecular weight excluding hydrogens is 402 g/mol. The van der Waals surface area contributed by atoms with Gasteiger partial charge in [-0.05, 0) is 62.1 Å². The number of carbonyl (C=O) groups excluding carboxylic acids is 1. The molecule has 0 atom stereocenters. The maximum atomic E-state index is 11.7. The van der Waals surface area contributed by atoms with Gasteiger partial charge in [-0.2, -0.15) is 5.10 Å². The van der Waals surface area contributed by atoms with Crippen LogP contribution in [0.2, 0.25) is 0 Å². The summed E-state index contributed by atoms with van der Waals surface area (Å²) in [5.74, 6) is 6.46. The smallest absolute Gasteiger partial charge is 0.296 e. The number of amides is 1. The molecule has 2 aromatic carbocycles. The molecule has 1 N–H and O–H groups in total. The molecule has 1 aliphatic rings. The summed E-state index contributed by atoms with van der Waals surface area (Å²) >= 11 is 0. The standard InChI is InChI=1S/C25H21N5O2/c1-2-6-23(31)28-18-13-19(14-18)30-25-22(15-26-16-27-25)24(29-30)17-9-11-21(12-10-17)32-20-7-4-3-5-8-20/h3-5,7-12,15-16,18-19H,13-14H2,1H3,(H,28,31)/t18-,19-. The molecule has 1 saturated carbocycles. The molecule has 0 unspecified atom stereocenters. The highest BCUT2D eigenvalue weighted by Gasteiger charge is 2.34. The molecule has 2 aromatic heterocycles. The van der Waals surface area contributed by atoms with E-state index in [9.17, 15) is 4.79 Å². The van der Waals surface area contributed by atoms with Gasteiger partial charge < -0.3 is 10.1 Å². The highest BCUT2D eigenvalue weighted by molar-refractivity contribution is 5.93. The van der Waals surface area contributed by atoms with Gasteiger partial charge in [0.05, 0.1) is 11.4 Å². The summed E-state index contributed by atoms with van der Waals surface area (Å²) in [7, 11) is 0. The van der Waals surface area contributed by atoms with Crippen molar-refractivity contribution in [1.29, 1.82) is 0 Å². The van der Waals surface area contributed by atoms with Gasteiger partial charge in [-0.25, -0.2) is 14.6 Å². The van der Waals surface area contributed by atoms with Crippen molar-refractivity contribution in [3.8, 4) is 34.6 Å². The van der Waals surface area contributed by atoms with Crippen LogP contribution in [0.4, 0.5) is 0 Å². The van der Waals surface area contributed by atoms with Gasteiger partial charge in [0.25, 0.3) is 5.91 Å². The first-order valence-corrected chi connectivity index (χ1v) is 10.5. The number of fused-ring (bicyclic) bond motifs is 1. The first kappa shape index (κ1) is 19.8. The van der Waals surface area contributed by atoms with E-state index < -0.39 is 0 Å². The fraction of sp³-hybridized carbons (Fsp3) is 0.200. The van der Waals surface area contributed by atoms with Crippen molar-refractivity contribution in [2.45, 2.75) is 31.8 Å². The molecule has 0 radical (unpaired) electrons. The quantitative estimate of drug-likeness (QED) is 0.488. The average Bonchev–Trinajstić information content (AvgIpc) is 3.17. The molecule has 0 spiro atoms. The van der Waals surface area contributed by atoms with Crippen LogP contribution >= 0.6 is 0 Å². The Morgan fingerprint density at radius 2 is 1.84 bits per heavy atom. The van der Waals surface area contributed by atoms with Gasteiger partial charge >= 0.3 is 0 Å². The SMILES string of the molecule is CC#CC(=O)N[C@H]1C[C@H](n2nc(-c3ccc(Oc4ccccc4)cc3)c3cncnc32)C1. The third-order valence-corrected chi connectivity index (χ3v) is 5.51. The molecular formula is C25H21N5O2. The van der Waals surface area contributed by atoms with Gasteiger partial charge in [-0.1, -0.05) is 24.1 Å². The van der Waals surface area contributed by atoms with E-state index >= 15 is 0 Å². The lowest BCUT2D eigenvalue weighted by molar-refractivity contribution is -0.117. The van der Waals surface area contributed by atoms with Crippen LogP contribution in [-0.4, -0.2) is 31.7 Å². The molecule has 1 fully saturated rings. The monoisotopic (exact) mass is 423 g/mol. The van der Waals surface area contributed by atoms with Gasteiger partial charge in [0, 0.05) is 17.8 Å². The van der Waals surface area contributed by atoms with E-state index in [0.717, 1.165) is 46.6 Å². The zero-order chi connectivity index (χ0) is 21.9. The number of nitrogens with one attached hydrogen (secondary N) is 1. The highest BCUT2D eigenvalue weighted by Crippen LogP contribution is 2.37. The van der Waals surface area contributed by atoms with E-state index in [0.29, 0.717) is 0 Å². The number of para-hydroxylation sites is 1. The Morgan fingerprint density at radius 3 is 2.59 bits per heavy atom. The van der Waals surface area contributed by atoms with Crippen LogP contribution in [0.15, 0.2) is 67.1 Å². The van der Waals surface area contributed by atoms with Gasteiger partial charge in [0.1, 0.15) is 23.5 Å². The number of aromatic nitrogens is 4. The molecule has 2 heterocycles. The van der Waals surface area contributed by atoms with Crippen molar-refractivity contribution >= 4 is 16.9 Å². The molecule has 7 heteroatoms. The summed E-state index contributed by atoms with van der Waals surface area (Å²) in [6.45, 7) is 1.65. The predicted octanol–water partition coefficient (Wildman–Crippen LogP) is 4.13. The minimum absolute atomic E-state index is 0.104. The second-order valence-corrected chi connectivity index (χ2v) is 7.66. The Bertz CT molecular complexity index is 1310. The van der Waals surface area contributed by atoms with E-state index in [2.05, 4.69) is 27.1 Å². The minimum atomic E-state index is -0.234. The first-order valence-electron chi connectivity index (χ1n) is 10.5. The predicted molar refractivity (Wildman–Crippen MR) is 121 cm³/mol. The maximum absolute atomic E-state index is 11.7. The van der Waals surface area contributed by atoms with Crippen LogP contribution < -0.4 is 10.1 Å². The number of ether oxygens (including phenoxy) is 1. The molecule has 0 bridgehead atoms. The lowest BCUT2D eigenvalue weighted by Crippen LogP contribution is -2.44. The molecule has 4 aromatic rings. The van der Waals surface area contributed by atoms with Crippen LogP contribution in [0.25, 0.3) is 22.3 Å². The number of hydrogen-bond acceptors (Lipinski definition) is 5. The summed E-state index contributed by atoms with van der Waals surface area (Å²) in [4.78, 5) is 20.4. The lowest BCUT2D eigenvalue weighted by Gasteiger charge is -2.35. The molecule has 7 nitrogen and oxygen atoms in total. The Hall–Kier alpha value is -4.18. The number of carbonyl (C=O) groups is 1. The number of nitrogens with zero attached hydrogens (tertiary/aromatic N) is 4. The normalized spacial score (nSPS) is 17.2. The zero-order valence-electron chi connectivity index (χ0n) is 17.5. The Morgan fingerprint density at radius 1 is 1.09 bits per heavy atom. The van der Waals surface area contributed by atoms with Crippen molar-refractivity contribution < 1.29 is 9.53 Å². The van der Waals surface area contributed by atoms with Crippen LogP contribution in [0.1, 0.15) is 25.8 Å². The molecule has 0 aliphatic heterocycles. The summed E-state index contributed by atoms with van der Waals surface area (Å²) in [5.41, 5.74) is 2.59. The molecule has 158 valence electrons. The van der Waals surface area contributed by atoms with Gasteiger partial charge in [-0.3, -0.25) is 4.79 Å². The van der Waals surface area contributed by atoms with Crippen LogP contribution in [0.3, 0.4) is 0 Å². The van der Waals surface area contributed by atoms with Crippen LogP contribution in [-0.2, 0) is 4.79 Å². The van der Waals surface area contributed by atoms with E-state index in [1.807, 2.05) is 59.3 Å². The molecule has 32 heavy (non-hydrogen) atoms. The Kier molecular flexibility index (Phi) is 5.26. The Balaban J connectivity index is 1.37. The summed E-state index contributed by atoms with van der Waals surface area (Å²) < 4.78 is 7.85. The van der Waals surface area contributed by atoms with Crippen molar-refractivity contribution in [3.05, 3.63) is 67.1 Å². The van der Waals surface area contributed by atoms with Crippen molar-refractivity contribution in [2.75, 3.05) is 0 Å². The Labute approximate surface area is 185 Å². The second-order valence-electron chi connectivity index (χ2n) is 7.66. The highest BCUT2D eigenvalue weighted by atomic mass is 16.5. The topological polar surface area (TPSA) is 81.9 Å². The summed E-state index contributed by atoms with van der Waals surface area (Å²) in [6.07, 6.45) is 4.92. The lowest BCUT2D eigenvalue weighted by atomic mass is 9.87. The molecule has 5 rings (SSSR count). The second kappa shape index (κ2) is 8.52. The largest absolute Gasteiger partial charge is 0.457 e. The molecule has 1 aliphatic carbocycles. The fourth-order valence-corrected chi connectivity index (χ4v) is 3.90. The first-order chi connectivity index (χ1) is 15.7.